The van der Waals surface area contributed by atoms with E-state index in [1.165, 1.54) is 5.56 Å². The van der Waals surface area contributed by atoms with E-state index >= 15 is 0 Å². The van der Waals surface area contributed by atoms with E-state index < -0.39 is 0 Å². The predicted molar refractivity (Wildman–Crippen MR) is 86.1 cm³/mol. The molecule has 0 spiro atoms. The third kappa shape index (κ3) is 3.82. The average molecular weight is 304 g/mol. The van der Waals surface area contributed by atoms with Crippen molar-refractivity contribution < 1.29 is 4.79 Å². The standard InChI is InChI=1S/C16H20N2O2S/c1-4-14-10(2)7-13(16(20)18-14)15(19)17-11(3)8-12-5-6-21-9-12/h5-7,9,11H,4,8H2,1-3H3,(H,17,19)(H,18,20)/t11-/m0/s1. The van der Waals surface area contributed by atoms with Crippen LogP contribution in [0.3, 0.4) is 0 Å². The Hall–Kier alpha value is -1.88. The molecule has 0 aliphatic heterocycles. The fraction of sp³-hybridized carbons (Fsp3) is 0.375. The van der Waals surface area contributed by atoms with Gasteiger partial charge >= 0.3 is 0 Å². The molecule has 2 aromatic rings. The molecule has 2 heterocycles. The van der Waals surface area contributed by atoms with Gasteiger partial charge in [0.2, 0.25) is 0 Å². The van der Waals surface area contributed by atoms with Gasteiger partial charge in [-0.15, -0.1) is 0 Å². The summed E-state index contributed by atoms with van der Waals surface area (Å²) in [4.78, 5) is 27.0. The second kappa shape index (κ2) is 6.72. The molecule has 0 aromatic carbocycles. The molecule has 0 aliphatic rings. The summed E-state index contributed by atoms with van der Waals surface area (Å²) in [6.07, 6.45) is 1.51. The Labute approximate surface area is 128 Å². The van der Waals surface area contributed by atoms with E-state index in [9.17, 15) is 9.59 Å². The van der Waals surface area contributed by atoms with Gasteiger partial charge in [0.05, 0.1) is 0 Å². The quantitative estimate of drug-likeness (QED) is 0.892. The van der Waals surface area contributed by atoms with Crippen LogP contribution in [0.25, 0.3) is 0 Å². The number of pyridine rings is 1. The molecule has 0 saturated heterocycles. The third-order valence-electron chi connectivity index (χ3n) is 3.44. The number of nitrogens with one attached hydrogen (secondary N) is 2. The number of hydrogen-bond acceptors (Lipinski definition) is 3. The molecule has 0 bridgehead atoms. The molecule has 0 unspecified atom stereocenters. The van der Waals surface area contributed by atoms with Crippen molar-refractivity contribution in [1.82, 2.24) is 10.3 Å². The topological polar surface area (TPSA) is 62.0 Å². The molecular weight excluding hydrogens is 284 g/mol. The molecule has 5 heteroatoms. The number of H-pyrrole nitrogens is 1. The fourth-order valence-electron chi connectivity index (χ4n) is 2.32. The largest absolute Gasteiger partial charge is 0.349 e. The van der Waals surface area contributed by atoms with Crippen molar-refractivity contribution in [2.45, 2.75) is 39.7 Å². The van der Waals surface area contributed by atoms with Crippen LogP contribution < -0.4 is 10.9 Å². The maximum Gasteiger partial charge on any atom is 0.261 e. The van der Waals surface area contributed by atoms with Crippen LogP contribution in [0.4, 0.5) is 0 Å². The zero-order valence-electron chi connectivity index (χ0n) is 12.5. The van der Waals surface area contributed by atoms with Crippen molar-refractivity contribution in [3.63, 3.8) is 0 Å². The maximum atomic E-state index is 12.2. The molecule has 1 amide bonds. The van der Waals surface area contributed by atoms with Crippen LogP contribution in [0, 0.1) is 6.92 Å². The minimum Gasteiger partial charge on any atom is -0.349 e. The molecule has 21 heavy (non-hydrogen) atoms. The number of carbonyl (C=O) groups excluding carboxylic acids is 1. The second-order valence-electron chi connectivity index (χ2n) is 5.24. The molecular formula is C16H20N2O2S. The maximum absolute atomic E-state index is 12.2. The molecule has 0 aliphatic carbocycles. The van der Waals surface area contributed by atoms with Crippen LogP contribution in [-0.4, -0.2) is 16.9 Å². The first kappa shape index (κ1) is 15.5. The van der Waals surface area contributed by atoms with Crippen LogP contribution >= 0.6 is 11.3 Å². The monoisotopic (exact) mass is 304 g/mol. The summed E-state index contributed by atoms with van der Waals surface area (Å²) in [5.41, 5.74) is 2.87. The molecule has 4 nitrogen and oxygen atoms in total. The molecule has 2 aromatic heterocycles. The molecule has 2 rings (SSSR count). The van der Waals surface area contributed by atoms with Gasteiger partial charge in [-0.1, -0.05) is 6.92 Å². The van der Waals surface area contributed by atoms with Gasteiger partial charge in [-0.2, -0.15) is 11.3 Å². The van der Waals surface area contributed by atoms with Gasteiger partial charge in [-0.05, 0) is 60.7 Å². The third-order valence-corrected chi connectivity index (χ3v) is 4.18. The highest BCUT2D eigenvalue weighted by molar-refractivity contribution is 7.07. The van der Waals surface area contributed by atoms with Gasteiger partial charge < -0.3 is 10.3 Å². The van der Waals surface area contributed by atoms with E-state index in [1.54, 1.807) is 17.4 Å². The smallest absolute Gasteiger partial charge is 0.261 e. The molecule has 112 valence electrons. The zero-order chi connectivity index (χ0) is 15.4. The number of hydrogen-bond donors (Lipinski definition) is 2. The molecule has 2 N–H and O–H groups in total. The van der Waals surface area contributed by atoms with Crippen LogP contribution in [0.15, 0.2) is 27.7 Å². The Morgan fingerprint density at radius 3 is 2.86 bits per heavy atom. The Bertz CT molecular complexity index is 674. The Morgan fingerprint density at radius 1 is 1.48 bits per heavy atom. The van der Waals surface area contributed by atoms with Crippen molar-refractivity contribution >= 4 is 17.2 Å². The highest BCUT2D eigenvalue weighted by Crippen LogP contribution is 2.09. The van der Waals surface area contributed by atoms with Gasteiger partial charge in [0.25, 0.3) is 11.5 Å². The number of rotatable bonds is 5. The summed E-state index contributed by atoms with van der Waals surface area (Å²) in [5.74, 6) is -0.315. The second-order valence-corrected chi connectivity index (χ2v) is 6.02. The van der Waals surface area contributed by atoms with Gasteiger partial charge in [-0.25, -0.2) is 0 Å². The lowest BCUT2D eigenvalue weighted by molar-refractivity contribution is 0.0938. The SMILES string of the molecule is CCc1[nH]c(=O)c(C(=O)N[C@@H](C)Cc2ccsc2)cc1C. The van der Waals surface area contributed by atoms with E-state index in [4.69, 9.17) is 0 Å². The summed E-state index contributed by atoms with van der Waals surface area (Å²) < 4.78 is 0. The van der Waals surface area contributed by atoms with Gasteiger partial charge in [-0.3, -0.25) is 9.59 Å². The number of thiophene rings is 1. The minimum absolute atomic E-state index is 0.0161. The normalized spacial score (nSPS) is 12.1. The van der Waals surface area contributed by atoms with Crippen molar-refractivity contribution in [3.05, 3.63) is 55.6 Å². The van der Waals surface area contributed by atoms with Crippen molar-refractivity contribution in [1.29, 1.82) is 0 Å². The number of aryl methyl sites for hydroxylation is 2. The van der Waals surface area contributed by atoms with Crippen LogP contribution in [0.1, 0.15) is 41.0 Å². The molecule has 1 atom stereocenters. The molecule has 0 fully saturated rings. The Balaban J connectivity index is 2.10. The Kier molecular flexibility index (Phi) is 4.96. The minimum atomic E-state index is -0.322. The number of aromatic nitrogens is 1. The van der Waals surface area contributed by atoms with Gasteiger partial charge in [0.1, 0.15) is 5.56 Å². The lowest BCUT2D eigenvalue weighted by Crippen LogP contribution is -2.37. The summed E-state index contributed by atoms with van der Waals surface area (Å²) >= 11 is 1.64. The average Bonchev–Trinajstić information content (AvgIpc) is 2.93. The fourth-order valence-corrected chi connectivity index (χ4v) is 3.00. The van der Waals surface area contributed by atoms with Crippen molar-refractivity contribution in [2.75, 3.05) is 0 Å². The van der Waals surface area contributed by atoms with E-state index in [2.05, 4.69) is 15.7 Å². The summed E-state index contributed by atoms with van der Waals surface area (Å²) in [6.45, 7) is 5.82. The lowest BCUT2D eigenvalue weighted by Gasteiger charge is -2.13. The van der Waals surface area contributed by atoms with E-state index in [1.807, 2.05) is 32.2 Å². The van der Waals surface area contributed by atoms with Crippen LogP contribution in [-0.2, 0) is 12.8 Å². The van der Waals surface area contributed by atoms with Gasteiger partial charge in [0, 0.05) is 11.7 Å². The number of aromatic amines is 1. The van der Waals surface area contributed by atoms with E-state index in [0.717, 1.165) is 24.1 Å². The molecule has 0 radical (unpaired) electrons. The van der Waals surface area contributed by atoms with Crippen LogP contribution in [0.5, 0.6) is 0 Å². The van der Waals surface area contributed by atoms with E-state index in [-0.39, 0.29) is 23.1 Å². The summed E-state index contributed by atoms with van der Waals surface area (Å²) in [5, 5.41) is 6.97. The molecule has 0 saturated carbocycles. The first-order valence-corrected chi connectivity index (χ1v) is 8.00. The first-order valence-electron chi connectivity index (χ1n) is 7.06. The highest BCUT2D eigenvalue weighted by Gasteiger charge is 2.15. The zero-order valence-corrected chi connectivity index (χ0v) is 13.3. The highest BCUT2D eigenvalue weighted by atomic mass is 32.1. The van der Waals surface area contributed by atoms with Crippen molar-refractivity contribution in [2.24, 2.45) is 0 Å². The predicted octanol–water partition coefficient (Wildman–Crippen LogP) is 2.67. The van der Waals surface area contributed by atoms with E-state index in [0.29, 0.717) is 0 Å². The lowest BCUT2D eigenvalue weighted by atomic mass is 10.1. The number of amides is 1. The summed E-state index contributed by atoms with van der Waals surface area (Å²) in [6, 6.07) is 3.70. The first-order chi connectivity index (χ1) is 10.0. The van der Waals surface area contributed by atoms with Crippen molar-refractivity contribution in [3.8, 4) is 0 Å². The van der Waals surface area contributed by atoms with Crippen LogP contribution in [0.2, 0.25) is 0 Å². The van der Waals surface area contributed by atoms with Gasteiger partial charge in [0.15, 0.2) is 0 Å². The number of carbonyl (C=O) groups is 1. The summed E-state index contributed by atoms with van der Waals surface area (Å²) in [7, 11) is 0. The Morgan fingerprint density at radius 2 is 2.24 bits per heavy atom.